The van der Waals surface area contributed by atoms with Crippen LogP contribution in [0.5, 0.6) is 0 Å². The third-order valence-electron chi connectivity index (χ3n) is 6.18. The van der Waals surface area contributed by atoms with Crippen molar-refractivity contribution in [2.75, 3.05) is 37.6 Å². The zero-order chi connectivity index (χ0) is 21.0. The van der Waals surface area contributed by atoms with E-state index in [0.29, 0.717) is 13.1 Å². The summed E-state index contributed by atoms with van der Waals surface area (Å²) in [6.07, 6.45) is 4.57. The molecule has 1 aromatic carbocycles. The second-order valence-electron chi connectivity index (χ2n) is 8.24. The number of benzene rings is 1. The lowest BCUT2D eigenvalue weighted by atomic mass is 10.2. The zero-order valence-electron chi connectivity index (χ0n) is 17.7. The Bertz CT molecular complexity index is 1010. The normalized spacial score (nSPS) is 17.3. The Hall–Kier alpha value is -3.19. The molecule has 0 spiro atoms. The van der Waals surface area contributed by atoms with Crippen LogP contribution < -0.4 is 4.90 Å². The Balaban J connectivity index is 1.24. The van der Waals surface area contributed by atoms with Gasteiger partial charge in [0.1, 0.15) is 5.69 Å². The minimum Gasteiger partial charge on any atom is -0.339 e. The second kappa shape index (κ2) is 8.89. The lowest BCUT2D eigenvalue weighted by molar-refractivity contribution is 0.0735. The second-order valence-corrected chi connectivity index (χ2v) is 8.24. The highest BCUT2D eigenvalue weighted by molar-refractivity contribution is 5.93. The molecule has 0 radical (unpaired) electrons. The predicted molar refractivity (Wildman–Crippen MR) is 120 cm³/mol. The summed E-state index contributed by atoms with van der Waals surface area (Å²) in [6.45, 7) is 6.66. The van der Waals surface area contributed by atoms with Crippen LogP contribution in [0.15, 0.2) is 60.9 Å². The van der Waals surface area contributed by atoms with Gasteiger partial charge in [0, 0.05) is 70.4 Å². The molecule has 0 saturated carbocycles. The molecule has 0 aliphatic carbocycles. The molecular formula is C24H28N6O. The number of piperazine rings is 1. The van der Waals surface area contributed by atoms with Crippen molar-refractivity contribution in [2.24, 2.45) is 0 Å². The first-order valence-corrected chi connectivity index (χ1v) is 11.0. The Kier molecular flexibility index (Phi) is 5.67. The van der Waals surface area contributed by atoms with Crippen molar-refractivity contribution in [3.05, 3.63) is 77.9 Å². The molecular weight excluding hydrogens is 388 g/mol. The highest BCUT2D eigenvalue weighted by Crippen LogP contribution is 2.21. The van der Waals surface area contributed by atoms with Gasteiger partial charge >= 0.3 is 0 Å². The number of fused-ring (bicyclic) bond motifs is 1. The van der Waals surface area contributed by atoms with Crippen molar-refractivity contribution in [1.29, 1.82) is 0 Å². The third kappa shape index (κ3) is 4.32. The van der Waals surface area contributed by atoms with E-state index in [1.807, 2.05) is 17.0 Å². The standard InChI is InChI=1S/C24H28N6O/c31-23(28-14-16-29(17-15-28)24-25-10-4-11-26-24)22-9-8-21-19-27(12-5-13-30(21)22)18-20-6-2-1-3-7-20/h1-4,6-11H,5,12-19H2. The summed E-state index contributed by atoms with van der Waals surface area (Å²) < 4.78 is 2.24. The molecule has 3 aromatic rings. The molecule has 0 bridgehead atoms. The molecule has 2 aliphatic rings. The smallest absolute Gasteiger partial charge is 0.270 e. The molecule has 0 atom stereocenters. The van der Waals surface area contributed by atoms with Gasteiger partial charge in [-0.15, -0.1) is 0 Å². The Labute approximate surface area is 182 Å². The number of aromatic nitrogens is 3. The van der Waals surface area contributed by atoms with Gasteiger partial charge < -0.3 is 14.4 Å². The fourth-order valence-electron chi connectivity index (χ4n) is 4.56. The minimum absolute atomic E-state index is 0.136. The van der Waals surface area contributed by atoms with Gasteiger partial charge in [0.15, 0.2) is 0 Å². The van der Waals surface area contributed by atoms with Crippen LogP contribution in [0.4, 0.5) is 5.95 Å². The number of carbonyl (C=O) groups is 1. The average Bonchev–Trinajstić information content (AvgIpc) is 3.11. The number of hydrogen-bond donors (Lipinski definition) is 0. The molecule has 7 nitrogen and oxygen atoms in total. The first kappa shape index (κ1) is 19.8. The van der Waals surface area contributed by atoms with Crippen LogP contribution in [0.3, 0.4) is 0 Å². The fraction of sp³-hybridized carbons (Fsp3) is 0.375. The Morgan fingerprint density at radius 2 is 1.61 bits per heavy atom. The highest BCUT2D eigenvalue weighted by atomic mass is 16.2. The number of amides is 1. The molecule has 160 valence electrons. The maximum Gasteiger partial charge on any atom is 0.270 e. The summed E-state index contributed by atoms with van der Waals surface area (Å²) in [5.41, 5.74) is 3.38. The van der Waals surface area contributed by atoms with Crippen molar-refractivity contribution in [2.45, 2.75) is 26.1 Å². The van der Waals surface area contributed by atoms with Gasteiger partial charge in [0.2, 0.25) is 5.95 Å². The van der Waals surface area contributed by atoms with Gasteiger partial charge in [-0.2, -0.15) is 0 Å². The molecule has 5 rings (SSSR count). The number of hydrogen-bond acceptors (Lipinski definition) is 5. The molecule has 1 amide bonds. The van der Waals surface area contributed by atoms with E-state index in [-0.39, 0.29) is 5.91 Å². The number of carbonyl (C=O) groups excluding carboxylic acids is 1. The van der Waals surface area contributed by atoms with Crippen molar-refractivity contribution >= 4 is 11.9 Å². The van der Waals surface area contributed by atoms with Crippen LogP contribution >= 0.6 is 0 Å². The highest BCUT2D eigenvalue weighted by Gasteiger charge is 2.27. The predicted octanol–water partition coefficient (Wildman–Crippen LogP) is 2.65. The molecule has 1 saturated heterocycles. The van der Waals surface area contributed by atoms with Crippen molar-refractivity contribution < 1.29 is 4.79 Å². The first-order valence-electron chi connectivity index (χ1n) is 11.0. The van der Waals surface area contributed by atoms with Gasteiger partial charge in [-0.05, 0) is 30.2 Å². The van der Waals surface area contributed by atoms with Crippen LogP contribution in [-0.4, -0.2) is 63.0 Å². The van der Waals surface area contributed by atoms with Gasteiger partial charge in [0.05, 0.1) is 0 Å². The largest absolute Gasteiger partial charge is 0.339 e. The summed E-state index contributed by atoms with van der Waals surface area (Å²) in [5.74, 6) is 0.876. The van der Waals surface area contributed by atoms with Crippen LogP contribution in [0, 0.1) is 0 Å². The Morgan fingerprint density at radius 1 is 0.839 bits per heavy atom. The average molecular weight is 417 g/mol. The maximum absolute atomic E-state index is 13.3. The summed E-state index contributed by atoms with van der Waals surface area (Å²) in [4.78, 5) is 28.5. The molecule has 31 heavy (non-hydrogen) atoms. The van der Waals surface area contributed by atoms with E-state index in [0.717, 1.165) is 57.3 Å². The Morgan fingerprint density at radius 3 is 2.39 bits per heavy atom. The summed E-state index contributed by atoms with van der Waals surface area (Å²) in [6, 6.07) is 16.6. The lowest BCUT2D eigenvalue weighted by Gasteiger charge is -2.34. The van der Waals surface area contributed by atoms with E-state index in [1.165, 1.54) is 11.3 Å². The number of nitrogens with zero attached hydrogens (tertiary/aromatic N) is 6. The van der Waals surface area contributed by atoms with E-state index >= 15 is 0 Å². The zero-order valence-corrected chi connectivity index (χ0v) is 17.7. The van der Waals surface area contributed by atoms with E-state index < -0.39 is 0 Å². The molecule has 2 aliphatic heterocycles. The van der Waals surface area contributed by atoms with Crippen molar-refractivity contribution in [1.82, 2.24) is 24.3 Å². The fourth-order valence-corrected chi connectivity index (χ4v) is 4.56. The summed E-state index contributed by atoms with van der Waals surface area (Å²) >= 11 is 0. The van der Waals surface area contributed by atoms with Gasteiger partial charge in [-0.3, -0.25) is 9.69 Å². The molecule has 0 unspecified atom stereocenters. The monoisotopic (exact) mass is 416 g/mol. The number of rotatable bonds is 4. The summed E-state index contributed by atoms with van der Waals surface area (Å²) in [5, 5.41) is 0. The van der Waals surface area contributed by atoms with E-state index in [2.05, 4.69) is 60.7 Å². The van der Waals surface area contributed by atoms with E-state index in [1.54, 1.807) is 12.4 Å². The molecule has 0 N–H and O–H groups in total. The van der Waals surface area contributed by atoms with Crippen LogP contribution in [0.2, 0.25) is 0 Å². The van der Waals surface area contributed by atoms with E-state index in [4.69, 9.17) is 0 Å². The van der Waals surface area contributed by atoms with Crippen molar-refractivity contribution in [3.8, 4) is 0 Å². The van der Waals surface area contributed by atoms with Gasteiger partial charge in [-0.1, -0.05) is 30.3 Å². The molecule has 7 heteroatoms. The molecule has 1 fully saturated rings. The first-order chi connectivity index (χ1) is 15.3. The van der Waals surface area contributed by atoms with Crippen LogP contribution in [0.1, 0.15) is 28.2 Å². The lowest BCUT2D eigenvalue weighted by Crippen LogP contribution is -2.49. The van der Waals surface area contributed by atoms with Crippen molar-refractivity contribution in [3.63, 3.8) is 0 Å². The summed E-state index contributed by atoms with van der Waals surface area (Å²) in [7, 11) is 0. The molecule has 2 aromatic heterocycles. The quantitative estimate of drug-likeness (QED) is 0.655. The van der Waals surface area contributed by atoms with Crippen LogP contribution in [-0.2, 0) is 19.6 Å². The third-order valence-corrected chi connectivity index (χ3v) is 6.18. The molecule has 4 heterocycles. The SMILES string of the molecule is O=C(c1ccc2n1CCCN(Cc1ccccc1)C2)N1CCN(c2ncccn2)CC1. The maximum atomic E-state index is 13.3. The van der Waals surface area contributed by atoms with E-state index in [9.17, 15) is 4.79 Å². The van der Waals surface area contributed by atoms with Gasteiger partial charge in [0.25, 0.3) is 5.91 Å². The minimum atomic E-state index is 0.136. The topological polar surface area (TPSA) is 57.5 Å². The van der Waals surface area contributed by atoms with Gasteiger partial charge in [-0.25, -0.2) is 9.97 Å². The van der Waals surface area contributed by atoms with Crippen LogP contribution in [0.25, 0.3) is 0 Å². The number of anilines is 1.